The predicted molar refractivity (Wildman–Crippen MR) is 158 cm³/mol. The molecule has 1 aliphatic rings. The summed E-state index contributed by atoms with van der Waals surface area (Å²) in [5.41, 5.74) is 3.02. The number of ether oxygens (including phenoxy) is 2. The van der Waals surface area contributed by atoms with Crippen molar-refractivity contribution in [2.24, 2.45) is 0 Å². The maximum Gasteiger partial charge on any atom is 0.337 e. The Morgan fingerprint density at radius 2 is 1.79 bits per heavy atom. The van der Waals surface area contributed by atoms with Crippen LogP contribution >= 0.6 is 0 Å². The van der Waals surface area contributed by atoms with Crippen LogP contribution in [0.5, 0.6) is 0 Å². The highest BCUT2D eigenvalue weighted by Crippen LogP contribution is 2.30. The lowest BCUT2D eigenvalue weighted by atomic mass is 10.0. The van der Waals surface area contributed by atoms with Crippen LogP contribution in [0.2, 0.25) is 0 Å². The zero-order chi connectivity index (χ0) is 30.3. The highest BCUT2D eigenvalue weighted by atomic mass is 16.5. The van der Waals surface area contributed by atoms with Crippen LogP contribution in [0.3, 0.4) is 0 Å². The first-order valence-electron chi connectivity index (χ1n) is 13.9. The number of carbonyl (C=O) groups excluding carboxylic acids is 4. The summed E-state index contributed by atoms with van der Waals surface area (Å²) in [4.78, 5) is 53.3. The molecule has 12 nitrogen and oxygen atoms in total. The zero-order valence-corrected chi connectivity index (χ0v) is 23.9. The Labute approximate surface area is 247 Å². The second-order valence-electron chi connectivity index (χ2n) is 10.1. The molecule has 43 heavy (non-hydrogen) atoms. The second-order valence-corrected chi connectivity index (χ2v) is 10.1. The molecule has 0 unspecified atom stereocenters. The number of para-hydroxylation sites is 1. The predicted octanol–water partition coefficient (Wildman–Crippen LogP) is 3.25. The summed E-state index contributed by atoms with van der Waals surface area (Å²) in [7, 11) is 1.29. The van der Waals surface area contributed by atoms with Gasteiger partial charge in [0.05, 0.1) is 24.3 Å². The van der Waals surface area contributed by atoms with Crippen LogP contribution in [0.15, 0.2) is 72.8 Å². The van der Waals surface area contributed by atoms with Gasteiger partial charge in [-0.25, -0.2) is 9.48 Å². The molecular weight excluding hydrogens is 552 g/mol. The van der Waals surface area contributed by atoms with Crippen molar-refractivity contribution in [2.75, 3.05) is 30.5 Å². The number of nitrogens with one attached hydrogen (secondary N) is 2. The average molecular weight is 585 g/mol. The summed E-state index contributed by atoms with van der Waals surface area (Å²) in [5, 5.41) is 14.0. The van der Waals surface area contributed by atoms with Crippen LogP contribution in [0.1, 0.15) is 41.7 Å². The number of methoxy groups -OCH3 is 1. The van der Waals surface area contributed by atoms with Gasteiger partial charge in [0.25, 0.3) is 0 Å². The number of hydrogen-bond donors (Lipinski definition) is 2. The maximum atomic E-state index is 14.2. The SMILES string of the molecule is COC(=O)c1ccc([C@@H](C(=O)NC[C@H]2CCCO2)N(C(=O)Cn2nnc3ccccc32)c2ccc(NC(C)=O)cc2)cc1. The van der Waals surface area contributed by atoms with Crippen LogP contribution in [0.25, 0.3) is 11.0 Å². The smallest absolute Gasteiger partial charge is 0.337 e. The minimum Gasteiger partial charge on any atom is -0.465 e. The van der Waals surface area contributed by atoms with Crippen LogP contribution in [0.4, 0.5) is 11.4 Å². The number of aromatic nitrogens is 3. The van der Waals surface area contributed by atoms with Gasteiger partial charge in [0.2, 0.25) is 17.7 Å². The van der Waals surface area contributed by atoms with E-state index in [1.54, 1.807) is 54.6 Å². The first-order chi connectivity index (χ1) is 20.8. The van der Waals surface area contributed by atoms with Crippen molar-refractivity contribution in [3.63, 3.8) is 0 Å². The fourth-order valence-electron chi connectivity index (χ4n) is 5.04. The highest BCUT2D eigenvalue weighted by molar-refractivity contribution is 6.02. The van der Waals surface area contributed by atoms with E-state index in [9.17, 15) is 19.2 Å². The van der Waals surface area contributed by atoms with Gasteiger partial charge in [0.15, 0.2) is 0 Å². The summed E-state index contributed by atoms with van der Waals surface area (Å²) in [6.45, 7) is 2.12. The molecule has 0 saturated carbocycles. The lowest BCUT2D eigenvalue weighted by molar-refractivity contribution is -0.127. The number of carbonyl (C=O) groups is 4. The number of fused-ring (bicyclic) bond motifs is 1. The molecule has 2 N–H and O–H groups in total. The normalized spacial score (nSPS) is 15.1. The summed E-state index contributed by atoms with van der Waals surface area (Å²) in [6.07, 6.45) is 1.62. The summed E-state index contributed by atoms with van der Waals surface area (Å²) in [6, 6.07) is 19.1. The molecule has 1 fully saturated rings. The molecular formula is C31H32N6O6. The molecule has 1 saturated heterocycles. The number of anilines is 2. The fraction of sp³-hybridized carbons (Fsp3) is 0.290. The van der Waals surface area contributed by atoms with Crippen molar-refractivity contribution < 1.29 is 28.7 Å². The molecule has 0 radical (unpaired) electrons. The Morgan fingerprint density at radius 1 is 1.05 bits per heavy atom. The van der Waals surface area contributed by atoms with Crippen LogP contribution in [-0.2, 0) is 30.4 Å². The highest BCUT2D eigenvalue weighted by Gasteiger charge is 2.34. The molecule has 5 rings (SSSR count). The van der Waals surface area contributed by atoms with Crippen molar-refractivity contribution in [3.05, 3.63) is 83.9 Å². The summed E-state index contributed by atoms with van der Waals surface area (Å²) < 4.78 is 12.0. The Bertz CT molecular complexity index is 1610. The van der Waals surface area contributed by atoms with Gasteiger partial charge in [-0.3, -0.25) is 19.3 Å². The minimum atomic E-state index is -1.12. The number of amides is 3. The zero-order valence-electron chi connectivity index (χ0n) is 23.9. The molecule has 3 amide bonds. The molecule has 1 aromatic heterocycles. The standard InChI is InChI=1S/C31H32N6O6/c1-20(38)33-23-13-15-24(16-14-23)37(28(39)19-36-27-8-4-3-7-26(27)34-35-36)29(30(40)32-18-25-6-5-17-43-25)21-9-11-22(12-10-21)31(41)42-2/h3-4,7-16,25,29H,5-6,17-19H2,1-2H3,(H,32,40)(H,33,38)/t25-,29+/m1/s1. The van der Waals surface area contributed by atoms with Gasteiger partial charge >= 0.3 is 5.97 Å². The number of rotatable bonds is 10. The molecule has 0 bridgehead atoms. The number of nitrogens with zero attached hydrogens (tertiary/aromatic N) is 4. The Hall–Kier alpha value is -5.10. The van der Waals surface area contributed by atoms with E-state index in [2.05, 4.69) is 20.9 Å². The van der Waals surface area contributed by atoms with Gasteiger partial charge in [0, 0.05) is 31.5 Å². The van der Waals surface area contributed by atoms with Crippen molar-refractivity contribution in [2.45, 2.75) is 38.5 Å². The minimum absolute atomic E-state index is 0.117. The summed E-state index contributed by atoms with van der Waals surface area (Å²) in [5.74, 6) is -1.62. The molecule has 222 valence electrons. The molecule has 3 aromatic carbocycles. The Kier molecular flexibility index (Phi) is 9.06. The monoisotopic (exact) mass is 584 g/mol. The van der Waals surface area contributed by atoms with Gasteiger partial charge in [0.1, 0.15) is 18.1 Å². The third-order valence-electron chi connectivity index (χ3n) is 7.12. The van der Waals surface area contributed by atoms with Crippen molar-refractivity contribution in [1.82, 2.24) is 20.3 Å². The topological polar surface area (TPSA) is 145 Å². The largest absolute Gasteiger partial charge is 0.465 e. The van der Waals surface area contributed by atoms with Gasteiger partial charge in [-0.05, 0) is 66.9 Å². The van der Waals surface area contributed by atoms with E-state index in [0.29, 0.717) is 40.1 Å². The molecule has 2 atom stereocenters. The molecule has 4 aromatic rings. The maximum absolute atomic E-state index is 14.2. The fourth-order valence-corrected chi connectivity index (χ4v) is 5.04. The molecule has 1 aliphatic heterocycles. The van der Waals surface area contributed by atoms with Gasteiger partial charge in [-0.1, -0.05) is 29.5 Å². The van der Waals surface area contributed by atoms with E-state index in [1.807, 2.05) is 18.2 Å². The number of benzene rings is 3. The van der Waals surface area contributed by atoms with Gasteiger partial charge in [-0.2, -0.15) is 0 Å². The van der Waals surface area contributed by atoms with E-state index >= 15 is 0 Å². The lowest BCUT2D eigenvalue weighted by Crippen LogP contribution is -2.46. The molecule has 0 aliphatic carbocycles. The van der Waals surface area contributed by atoms with Gasteiger partial charge < -0.3 is 20.1 Å². The summed E-state index contributed by atoms with van der Waals surface area (Å²) >= 11 is 0. The quantitative estimate of drug-likeness (QED) is 0.270. The van der Waals surface area contributed by atoms with E-state index in [1.165, 1.54) is 23.6 Å². The van der Waals surface area contributed by atoms with E-state index in [4.69, 9.17) is 9.47 Å². The Morgan fingerprint density at radius 3 is 2.47 bits per heavy atom. The Balaban J connectivity index is 1.55. The van der Waals surface area contributed by atoms with Crippen LogP contribution in [0, 0.1) is 0 Å². The van der Waals surface area contributed by atoms with E-state index in [0.717, 1.165) is 12.8 Å². The number of hydrogen-bond acceptors (Lipinski definition) is 8. The average Bonchev–Trinajstić information content (AvgIpc) is 3.69. The lowest BCUT2D eigenvalue weighted by Gasteiger charge is -2.32. The van der Waals surface area contributed by atoms with Crippen LogP contribution < -0.4 is 15.5 Å². The molecule has 2 heterocycles. The number of esters is 1. The third-order valence-corrected chi connectivity index (χ3v) is 7.12. The second kappa shape index (κ2) is 13.3. The first kappa shape index (κ1) is 29.4. The van der Waals surface area contributed by atoms with Crippen molar-refractivity contribution in [1.29, 1.82) is 0 Å². The van der Waals surface area contributed by atoms with Gasteiger partial charge in [-0.15, -0.1) is 5.10 Å². The molecule has 0 spiro atoms. The van der Waals surface area contributed by atoms with Crippen molar-refractivity contribution >= 4 is 46.1 Å². The van der Waals surface area contributed by atoms with Crippen molar-refractivity contribution in [3.8, 4) is 0 Å². The molecule has 12 heteroatoms. The van der Waals surface area contributed by atoms with E-state index in [-0.39, 0.29) is 25.1 Å². The van der Waals surface area contributed by atoms with Crippen LogP contribution in [-0.4, -0.2) is 65.1 Å². The van der Waals surface area contributed by atoms with E-state index < -0.39 is 23.8 Å². The first-order valence-corrected chi connectivity index (χ1v) is 13.9. The third kappa shape index (κ3) is 6.87.